The van der Waals surface area contributed by atoms with E-state index in [0.717, 1.165) is 42.8 Å². The second-order valence-electron chi connectivity index (χ2n) is 6.64. The van der Waals surface area contributed by atoms with Gasteiger partial charge in [0.05, 0.1) is 18.6 Å². The molecule has 1 aliphatic heterocycles. The van der Waals surface area contributed by atoms with E-state index in [2.05, 4.69) is 30.3 Å². The number of piperidine rings is 1. The van der Waals surface area contributed by atoms with Crippen LogP contribution in [-0.2, 0) is 0 Å². The highest BCUT2D eigenvalue weighted by molar-refractivity contribution is 6.11. The minimum Gasteiger partial charge on any atom is -0.471 e. The maximum Gasteiger partial charge on any atom is 0.263 e. The number of aromatic nitrogens is 5. The van der Waals surface area contributed by atoms with Gasteiger partial charge in [0, 0.05) is 6.54 Å². The Hall–Kier alpha value is -3.34. The molecule has 3 N–H and O–H groups in total. The monoisotopic (exact) mass is 386 g/mol. The molecule has 0 aliphatic carbocycles. The Bertz CT molecular complexity index is 1020. The summed E-state index contributed by atoms with van der Waals surface area (Å²) in [6.45, 7) is 1.79. The van der Waals surface area contributed by atoms with Gasteiger partial charge in [-0.25, -0.2) is 18.9 Å². The minimum atomic E-state index is -0.591. The van der Waals surface area contributed by atoms with Gasteiger partial charge in [0.1, 0.15) is 23.7 Å². The molecule has 3 aromatic heterocycles. The molecule has 0 bridgehead atoms. The molecule has 1 atom stereocenters. The quantitative estimate of drug-likeness (QED) is 0.680. The highest BCUT2D eigenvalue weighted by Gasteiger charge is 2.24. The summed E-state index contributed by atoms with van der Waals surface area (Å²) in [6.07, 6.45) is 6.78. The number of carbonyl (C=O) groups is 1. The van der Waals surface area contributed by atoms with Crippen molar-refractivity contribution in [1.82, 2.24) is 29.5 Å². The number of amides is 1. The van der Waals surface area contributed by atoms with Crippen LogP contribution in [0.5, 0.6) is 5.88 Å². The van der Waals surface area contributed by atoms with Crippen LogP contribution in [0.2, 0.25) is 0 Å². The number of likely N-dealkylation sites (N-methyl/N-ethyl adjacent to an activating group) is 1. The number of hydrogen-bond acceptors (Lipinski definition) is 8. The Labute approximate surface area is 159 Å². The molecule has 0 radical (unpaired) electrons. The zero-order valence-electron chi connectivity index (χ0n) is 15.2. The molecule has 1 amide bonds. The van der Waals surface area contributed by atoms with Gasteiger partial charge in [-0.15, -0.1) is 5.10 Å². The average Bonchev–Trinajstić information content (AvgIpc) is 2.98. The van der Waals surface area contributed by atoms with Crippen LogP contribution in [0.4, 0.5) is 15.9 Å². The molecule has 0 saturated carbocycles. The normalized spacial score (nSPS) is 17.6. The Kier molecular flexibility index (Phi) is 4.74. The number of halogens is 1. The third-order valence-corrected chi connectivity index (χ3v) is 4.48. The number of anilines is 2. The predicted octanol–water partition coefficient (Wildman–Crippen LogP) is 0.966. The maximum atomic E-state index is 13.3. The van der Waals surface area contributed by atoms with Crippen molar-refractivity contribution >= 4 is 23.1 Å². The maximum absolute atomic E-state index is 13.3. The smallest absolute Gasteiger partial charge is 0.263 e. The van der Waals surface area contributed by atoms with Crippen molar-refractivity contribution < 1.29 is 13.9 Å². The number of rotatable bonds is 4. The molecule has 146 valence electrons. The first-order valence-corrected chi connectivity index (χ1v) is 8.77. The van der Waals surface area contributed by atoms with Crippen LogP contribution in [0, 0.1) is 5.82 Å². The Morgan fingerprint density at radius 1 is 1.39 bits per heavy atom. The van der Waals surface area contributed by atoms with Gasteiger partial charge < -0.3 is 20.7 Å². The second-order valence-corrected chi connectivity index (χ2v) is 6.64. The molecular formula is C17H19FN8O2. The zero-order chi connectivity index (χ0) is 19.7. The first-order valence-electron chi connectivity index (χ1n) is 8.77. The zero-order valence-corrected chi connectivity index (χ0v) is 15.2. The summed E-state index contributed by atoms with van der Waals surface area (Å²) in [4.78, 5) is 27.0. The third kappa shape index (κ3) is 3.56. The summed E-state index contributed by atoms with van der Waals surface area (Å²) < 4.78 is 20.4. The van der Waals surface area contributed by atoms with Crippen LogP contribution in [0.1, 0.15) is 23.2 Å². The van der Waals surface area contributed by atoms with Gasteiger partial charge in [-0.05, 0) is 26.4 Å². The van der Waals surface area contributed by atoms with Crippen molar-refractivity contribution in [1.29, 1.82) is 0 Å². The highest BCUT2D eigenvalue weighted by atomic mass is 19.1. The SMILES string of the molecule is CN1CCC[C@H](Oc2ncncc2NC(=O)c2c(N)nn3cc(F)cnc23)C1. The Morgan fingerprint density at radius 3 is 3.07 bits per heavy atom. The second kappa shape index (κ2) is 7.35. The Morgan fingerprint density at radius 2 is 2.25 bits per heavy atom. The van der Waals surface area contributed by atoms with Crippen molar-refractivity contribution in [3.8, 4) is 5.88 Å². The van der Waals surface area contributed by atoms with E-state index in [1.54, 1.807) is 0 Å². The summed E-state index contributed by atoms with van der Waals surface area (Å²) in [7, 11) is 2.03. The summed E-state index contributed by atoms with van der Waals surface area (Å²) in [6, 6.07) is 0. The van der Waals surface area contributed by atoms with E-state index in [1.807, 2.05) is 7.05 Å². The Balaban J connectivity index is 1.58. The minimum absolute atomic E-state index is 0.0315. The fourth-order valence-corrected chi connectivity index (χ4v) is 3.20. The van der Waals surface area contributed by atoms with Crippen molar-refractivity contribution in [2.75, 3.05) is 31.2 Å². The number of nitrogens with one attached hydrogen (secondary N) is 1. The lowest BCUT2D eigenvalue weighted by Crippen LogP contribution is -2.38. The van der Waals surface area contributed by atoms with E-state index in [-0.39, 0.29) is 29.0 Å². The molecule has 0 unspecified atom stereocenters. The molecule has 1 fully saturated rings. The van der Waals surface area contributed by atoms with Crippen molar-refractivity contribution in [2.45, 2.75) is 18.9 Å². The van der Waals surface area contributed by atoms with Crippen LogP contribution in [0.15, 0.2) is 24.9 Å². The van der Waals surface area contributed by atoms with Crippen LogP contribution >= 0.6 is 0 Å². The summed E-state index contributed by atoms with van der Waals surface area (Å²) in [5, 5.41) is 6.62. The van der Waals surface area contributed by atoms with Crippen molar-refractivity contribution in [2.24, 2.45) is 0 Å². The molecule has 28 heavy (non-hydrogen) atoms. The lowest BCUT2D eigenvalue weighted by Gasteiger charge is -2.29. The van der Waals surface area contributed by atoms with Crippen molar-refractivity contribution in [3.05, 3.63) is 36.3 Å². The number of hydrogen-bond donors (Lipinski definition) is 2. The van der Waals surface area contributed by atoms with Gasteiger partial charge in [0.15, 0.2) is 17.3 Å². The third-order valence-electron chi connectivity index (χ3n) is 4.48. The first-order chi connectivity index (χ1) is 13.5. The summed E-state index contributed by atoms with van der Waals surface area (Å²) in [5.74, 6) is -0.944. The highest BCUT2D eigenvalue weighted by Crippen LogP contribution is 2.25. The number of likely N-dealkylation sites (tertiary alicyclic amines) is 1. The van der Waals surface area contributed by atoms with Crippen LogP contribution in [0.25, 0.3) is 5.65 Å². The van der Waals surface area contributed by atoms with Crippen LogP contribution in [0.3, 0.4) is 0 Å². The van der Waals surface area contributed by atoms with Gasteiger partial charge >= 0.3 is 0 Å². The number of nitrogens with two attached hydrogens (primary N) is 1. The predicted molar refractivity (Wildman–Crippen MR) is 98.5 cm³/mol. The molecule has 0 spiro atoms. The lowest BCUT2D eigenvalue weighted by molar-refractivity contribution is 0.0985. The van der Waals surface area contributed by atoms with E-state index in [1.165, 1.54) is 12.5 Å². The average molecular weight is 386 g/mol. The first kappa shape index (κ1) is 18.0. The van der Waals surface area contributed by atoms with E-state index >= 15 is 0 Å². The molecule has 11 heteroatoms. The topological polar surface area (TPSA) is 124 Å². The number of ether oxygens (including phenoxy) is 1. The standard InChI is InChI=1S/C17H19FN8O2/c1-25-4-2-3-11(8-25)28-17-12(6-20-9-22-17)23-16(27)13-14(19)24-26-7-10(18)5-21-15(13)26/h5-7,9,11H,2-4,8H2,1H3,(H2,19,24)(H,23,27)/t11-/m0/s1. The summed E-state index contributed by atoms with van der Waals surface area (Å²) >= 11 is 0. The number of carbonyl (C=O) groups excluding carboxylic acids is 1. The van der Waals surface area contributed by atoms with E-state index in [4.69, 9.17) is 10.5 Å². The van der Waals surface area contributed by atoms with Gasteiger partial charge in [0.25, 0.3) is 5.91 Å². The van der Waals surface area contributed by atoms with Gasteiger partial charge in [-0.3, -0.25) is 4.79 Å². The molecule has 1 saturated heterocycles. The van der Waals surface area contributed by atoms with Crippen LogP contribution in [-0.4, -0.2) is 61.6 Å². The largest absolute Gasteiger partial charge is 0.471 e. The van der Waals surface area contributed by atoms with Gasteiger partial charge in [-0.1, -0.05) is 0 Å². The van der Waals surface area contributed by atoms with Gasteiger partial charge in [-0.2, -0.15) is 4.98 Å². The molecule has 10 nitrogen and oxygen atoms in total. The summed E-state index contributed by atoms with van der Waals surface area (Å²) in [5.41, 5.74) is 6.32. The fourth-order valence-electron chi connectivity index (χ4n) is 3.20. The molecule has 3 aromatic rings. The van der Waals surface area contributed by atoms with Crippen LogP contribution < -0.4 is 15.8 Å². The van der Waals surface area contributed by atoms with Crippen molar-refractivity contribution in [3.63, 3.8) is 0 Å². The molecular weight excluding hydrogens is 367 g/mol. The number of fused-ring (bicyclic) bond motifs is 1. The van der Waals surface area contributed by atoms with Gasteiger partial charge in [0.2, 0.25) is 5.88 Å². The lowest BCUT2D eigenvalue weighted by atomic mass is 10.1. The van der Waals surface area contributed by atoms with E-state index in [0.29, 0.717) is 5.69 Å². The molecule has 4 heterocycles. The molecule has 1 aliphatic rings. The number of nitrogens with zero attached hydrogens (tertiary/aromatic N) is 6. The molecule has 0 aromatic carbocycles. The number of nitrogen functional groups attached to an aromatic ring is 1. The van der Waals surface area contributed by atoms with E-state index < -0.39 is 11.7 Å². The molecule has 4 rings (SSSR count). The fraction of sp³-hybridized carbons (Fsp3) is 0.353. The van der Waals surface area contributed by atoms with E-state index in [9.17, 15) is 9.18 Å².